The van der Waals surface area contributed by atoms with Gasteiger partial charge in [-0.3, -0.25) is 0 Å². The summed E-state index contributed by atoms with van der Waals surface area (Å²) >= 11 is 7.05. The van der Waals surface area contributed by atoms with Gasteiger partial charge >= 0.3 is 179 Å². The number of hydrogen-bond donors (Lipinski definition) is 0. The summed E-state index contributed by atoms with van der Waals surface area (Å²) in [5.74, 6) is 0. The Bertz CT molecular complexity index is 987. The van der Waals surface area contributed by atoms with Gasteiger partial charge in [0.15, 0.2) is 0 Å². The fourth-order valence-corrected chi connectivity index (χ4v) is 7.22. The summed E-state index contributed by atoms with van der Waals surface area (Å²) in [6.45, 7) is 0. The summed E-state index contributed by atoms with van der Waals surface area (Å²) < 4.78 is -1.14. The van der Waals surface area contributed by atoms with Gasteiger partial charge in [-0.05, 0) is 0 Å². The summed E-state index contributed by atoms with van der Waals surface area (Å²) in [6, 6.07) is 31.0. The van der Waals surface area contributed by atoms with Crippen molar-refractivity contribution in [3.63, 3.8) is 0 Å². The van der Waals surface area contributed by atoms with E-state index in [1.54, 1.807) is 0 Å². The van der Waals surface area contributed by atoms with Crippen molar-refractivity contribution >= 4 is 57.3 Å². The molecule has 0 unspecified atom stereocenters. The first kappa shape index (κ1) is 19.2. The molecule has 4 aromatic rings. The summed E-state index contributed by atoms with van der Waals surface area (Å²) in [5.41, 5.74) is 2.88. The molecule has 136 valence electrons. The molecule has 4 rings (SSSR count). The van der Waals surface area contributed by atoms with Crippen LogP contribution in [0.5, 0.6) is 0 Å². The zero-order valence-electron chi connectivity index (χ0n) is 15.2. The summed E-state index contributed by atoms with van der Waals surface area (Å²) in [4.78, 5) is 0. The van der Waals surface area contributed by atoms with Gasteiger partial charge in [0, 0.05) is 0 Å². The van der Waals surface area contributed by atoms with Crippen LogP contribution in [0.25, 0.3) is 21.5 Å². The van der Waals surface area contributed by atoms with E-state index in [1.807, 2.05) is 0 Å². The van der Waals surface area contributed by atoms with Gasteiger partial charge in [0.05, 0.1) is 0 Å². The van der Waals surface area contributed by atoms with Crippen molar-refractivity contribution < 1.29 is 0 Å². The molecule has 0 saturated carbocycles. The van der Waals surface area contributed by atoms with Crippen LogP contribution in [-0.4, -0.2) is 43.5 Å². The van der Waals surface area contributed by atoms with E-state index in [9.17, 15) is 0 Å². The Morgan fingerprint density at radius 1 is 0.519 bits per heavy atom. The van der Waals surface area contributed by atoms with Crippen molar-refractivity contribution in [2.45, 2.75) is 12.8 Å². The van der Waals surface area contributed by atoms with Crippen molar-refractivity contribution in [2.24, 2.45) is 0 Å². The number of rotatable bonds is 6. The second-order valence-electron chi connectivity index (χ2n) is 7.12. The summed E-state index contributed by atoms with van der Waals surface area (Å²) in [5, 5.41) is 5.33. The van der Waals surface area contributed by atoms with Crippen LogP contribution < -0.4 is 0 Å². The predicted octanol–water partition coefficient (Wildman–Crippen LogP) is 5.96. The Kier molecular flexibility index (Phi) is 6.03. The number of benzene rings is 4. The van der Waals surface area contributed by atoms with E-state index in [1.165, 1.54) is 45.0 Å². The van der Waals surface area contributed by atoms with Crippen LogP contribution >= 0.6 is 4.64 Å². The van der Waals surface area contributed by atoms with Crippen molar-refractivity contribution in [1.29, 1.82) is 0 Å². The molecule has 0 aromatic heterocycles. The Balaban J connectivity index is 1.38. The maximum absolute atomic E-state index is 3.52. The van der Waals surface area contributed by atoms with Crippen molar-refractivity contribution in [3.05, 3.63) is 96.1 Å². The predicted molar refractivity (Wildman–Crippen MR) is 123 cm³/mol. The molecule has 0 aliphatic heterocycles. The molecule has 0 radical (unpaired) electrons. The van der Waals surface area contributed by atoms with Gasteiger partial charge in [0.2, 0.25) is 0 Å². The van der Waals surface area contributed by atoms with Crippen molar-refractivity contribution in [3.8, 4) is 0 Å². The van der Waals surface area contributed by atoms with Crippen LogP contribution in [0.4, 0.5) is 0 Å². The minimum atomic E-state index is -1.14. The molecule has 0 atom stereocenters. The Labute approximate surface area is 177 Å². The zero-order chi connectivity index (χ0) is 18.7. The summed E-state index contributed by atoms with van der Waals surface area (Å²) in [6.07, 6.45) is 4.71. The standard InChI is InChI=1S/C24H23PSe2/c26-25(27,15-13-19-9-11-21-5-1-3-7-23(21)17-19)16-14-20-10-12-22-6-2-4-8-24(22)18-20/h1-12,17-18H,13-16H2,(H,26,27)/p-1. The quantitative estimate of drug-likeness (QED) is 0.227. The average molecular weight is 499 g/mol. The second-order valence-corrected chi connectivity index (χ2v) is 22.0. The SMILES string of the molecule is [Se-][P+]([Se-])(CCc1ccc2ccccc2c1)CCc1ccc2ccccc2c1. The zero-order valence-corrected chi connectivity index (χ0v) is 19.5. The molecule has 0 spiro atoms. The van der Waals surface area contributed by atoms with E-state index in [4.69, 9.17) is 0 Å². The third-order valence-corrected chi connectivity index (χ3v) is 11.5. The molecule has 0 N–H and O–H groups in total. The van der Waals surface area contributed by atoms with Crippen LogP contribution in [0.1, 0.15) is 11.1 Å². The van der Waals surface area contributed by atoms with Gasteiger partial charge in [-0.15, -0.1) is 0 Å². The maximum atomic E-state index is 3.52. The van der Waals surface area contributed by atoms with Crippen molar-refractivity contribution in [1.82, 2.24) is 0 Å². The van der Waals surface area contributed by atoms with Crippen LogP contribution in [0.2, 0.25) is 0 Å². The molecule has 0 heterocycles. The Hall–Kier alpha value is -1.13. The van der Waals surface area contributed by atoms with E-state index < -0.39 is 4.64 Å². The molecular formula is C24H22PSe2-. The van der Waals surface area contributed by atoms with E-state index >= 15 is 0 Å². The van der Waals surface area contributed by atoms with Gasteiger partial charge in [0.1, 0.15) is 0 Å². The third kappa shape index (κ3) is 5.03. The molecule has 3 heteroatoms. The molecule has 0 aliphatic rings. The fourth-order valence-electron chi connectivity index (χ4n) is 3.50. The molecule has 0 amide bonds. The molecule has 0 saturated heterocycles. The topological polar surface area (TPSA) is 0 Å². The Morgan fingerprint density at radius 2 is 0.926 bits per heavy atom. The van der Waals surface area contributed by atoms with E-state index in [-0.39, 0.29) is 0 Å². The normalized spacial score (nSPS) is 11.9. The van der Waals surface area contributed by atoms with Gasteiger partial charge in [-0.1, -0.05) is 0 Å². The number of aryl methyl sites for hydroxylation is 2. The third-order valence-electron chi connectivity index (χ3n) is 5.11. The van der Waals surface area contributed by atoms with Crippen LogP contribution in [0, 0.1) is 0 Å². The van der Waals surface area contributed by atoms with Crippen LogP contribution in [0.3, 0.4) is 0 Å². The van der Waals surface area contributed by atoms with Gasteiger partial charge < -0.3 is 0 Å². The van der Waals surface area contributed by atoms with Crippen LogP contribution in [0.15, 0.2) is 84.9 Å². The van der Waals surface area contributed by atoms with Gasteiger partial charge in [-0.25, -0.2) is 0 Å². The fraction of sp³-hybridized carbons (Fsp3) is 0.167. The first-order valence-corrected chi connectivity index (χ1v) is 15.9. The number of hydrogen-bond acceptors (Lipinski definition) is 0. The number of fused-ring (bicyclic) bond motifs is 2. The van der Waals surface area contributed by atoms with E-state index in [0.29, 0.717) is 0 Å². The van der Waals surface area contributed by atoms with Gasteiger partial charge in [0.25, 0.3) is 0 Å². The van der Waals surface area contributed by atoms with E-state index in [0.717, 1.165) is 12.8 Å². The molecule has 27 heavy (non-hydrogen) atoms. The molecule has 0 nitrogen and oxygen atoms in total. The molecule has 0 aliphatic carbocycles. The van der Waals surface area contributed by atoms with Gasteiger partial charge in [-0.2, -0.15) is 0 Å². The first-order valence-electron chi connectivity index (χ1n) is 9.34. The monoisotopic (exact) mass is 501 g/mol. The second kappa shape index (κ2) is 8.48. The van der Waals surface area contributed by atoms with Crippen LogP contribution in [-0.2, 0) is 12.8 Å². The molecule has 4 aromatic carbocycles. The van der Waals surface area contributed by atoms with E-state index in [2.05, 4.69) is 116 Å². The van der Waals surface area contributed by atoms with Crippen molar-refractivity contribution in [2.75, 3.05) is 12.3 Å². The minimum absolute atomic E-state index is 1.14. The summed E-state index contributed by atoms with van der Waals surface area (Å²) in [7, 11) is 0. The molecule has 0 fully saturated rings. The molecule has 0 bridgehead atoms. The first-order chi connectivity index (χ1) is 13.1. The average Bonchev–Trinajstić information content (AvgIpc) is 2.70. The molecular weight excluding hydrogens is 477 g/mol. The Morgan fingerprint density at radius 3 is 1.37 bits per heavy atom.